The van der Waals surface area contributed by atoms with Crippen LogP contribution in [-0.2, 0) is 20.3 Å². The van der Waals surface area contributed by atoms with Crippen LogP contribution in [-0.4, -0.2) is 30.2 Å². The molecule has 3 aromatic heterocycles. The van der Waals surface area contributed by atoms with Gasteiger partial charge in [-0.25, -0.2) is 4.68 Å². The summed E-state index contributed by atoms with van der Waals surface area (Å²) in [6, 6.07) is 11.4. The maximum absolute atomic E-state index is 12.7. The number of aromatic nitrogens is 4. The van der Waals surface area contributed by atoms with Gasteiger partial charge in [0.2, 0.25) is 10.5 Å². The van der Waals surface area contributed by atoms with Crippen LogP contribution < -0.4 is 5.56 Å². The van der Waals surface area contributed by atoms with Gasteiger partial charge in [-0.2, -0.15) is 0 Å². The molecule has 4 rings (SSSR count). The summed E-state index contributed by atoms with van der Waals surface area (Å²) in [6.07, 6.45) is 1.85. The first-order valence-electron chi connectivity index (χ1n) is 8.64. The third kappa shape index (κ3) is 3.33. The Kier molecular flexibility index (Phi) is 5.20. The maximum Gasteiger partial charge on any atom is 0.262 e. The van der Waals surface area contributed by atoms with Crippen LogP contribution in [0, 0.1) is 4.77 Å². The fraction of sp³-hybridized carbons (Fsp3) is 0.211. The highest BCUT2D eigenvalue weighted by Gasteiger charge is 2.15. The molecule has 0 aliphatic rings. The zero-order valence-corrected chi connectivity index (χ0v) is 17.6. The van der Waals surface area contributed by atoms with Crippen LogP contribution >= 0.6 is 35.2 Å². The molecule has 28 heavy (non-hydrogen) atoms. The van der Waals surface area contributed by atoms with Crippen molar-refractivity contribution in [3.05, 3.63) is 73.4 Å². The van der Waals surface area contributed by atoms with Gasteiger partial charge in [0.25, 0.3) is 5.56 Å². The zero-order valence-electron chi connectivity index (χ0n) is 15.2. The molecule has 0 radical (unpaired) electrons. The summed E-state index contributed by atoms with van der Waals surface area (Å²) in [4.78, 5) is 16.0. The van der Waals surface area contributed by atoms with Crippen LogP contribution in [0.15, 0.2) is 53.8 Å². The molecule has 0 saturated carbocycles. The van der Waals surface area contributed by atoms with Gasteiger partial charge in [0, 0.05) is 25.0 Å². The highest BCUT2D eigenvalue weighted by Crippen LogP contribution is 2.23. The molecule has 0 saturated heterocycles. The van der Waals surface area contributed by atoms with Gasteiger partial charge < -0.3 is 0 Å². The number of para-hydroxylation sites is 1. The molecule has 0 aliphatic carbocycles. The fourth-order valence-corrected chi connectivity index (χ4v) is 4.65. The van der Waals surface area contributed by atoms with E-state index in [1.54, 1.807) is 29.1 Å². The third-order valence-corrected chi connectivity index (χ3v) is 6.14. The Balaban J connectivity index is 1.80. The van der Waals surface area contributed by atoms with E-state index in [-0.39, 0.29) is 5.56 Å². The normalized spacial score (nSPS) is 11.7. The third-order valence-electron chi connectivity index (χ3n) is 4.53. The Labute approximate surface area is 175 Å². The van der Waals surface area contributed by atoms with E-state index in [2.05, 4.69) is 16.6 Å². The van der Waals surface area contributed by atoms with E-state index in [1.807, 2.05) is 40.8 Å². The van der Waals surface area contributed by atoms with Gasteiger partial charge in [0.05, 0.1) is 21.9 Å². The summed E-state index contributed by atoms with van der Waals surface area (Å²) < 4.78 is 6.43. The number of halogens is 1. The lowest BCUT2D eigenvalue weighted by atomic mass is 10.2. The van der Waals surface area contributed by atoms with Crippen molar-refractivity contribution in [1.29, 1.82) is 0 Å². The van der Waals surface area contributed by atoms with E-state index in [4.69, 9.17) is 23.8 Å². The summed E-state index contributed by atoms with van der Waals surface area (Å²) in [5.41, 5.74) is 0.670. The lowest BCUT2D eigenvalue weighted by Gasteiger charge is -2.19. The minimum absolute atomic E-state index is 0.0913. The Bertz CT molecular complexity index is 1300. The van der Waals surface area contributed by atoms with Crippen molar-refractivity contribution in [2.45, 2.75) is 13.2 Å². The smallest absolute Gasteiger partial charge is 0.262 e. The maximum atomic E-state index is 12.7. The van der Waals surface area contributed by atoms with Crippen LogP contribution in [0.3, 0.4) is 0 Å². The summed E-state index contributed by atoms with van der Waals surface area (Å²) in [7, 11) is 1.71. The Morgan fingerprint density at radius 3 is 2.82 bits per heavy atom. The molecular formula is C19H18ClN5OS2. The molecule has 0 atom stereocenters. The summed E-state index contributed by atoms with van der Waals surface area (Å²) in [5, 5.41) is 5.25. The van der Waals surface area contributed by atoms with E-state index in [1.165, 1.54) is 4.57 Å². The number of aryl methyl sites for hydroxylation is 1. The van der Waals surface area contributed by atoms with Crippen molar-refractivity contribution in [1.82, 2.24) is 23.6 Å². The van der Waals surface area contributed by atoms with E-state index >= 15 is 0 Å². The number of benzene rings is 1. The average molecular weight is 432 g/mol. The van der Waals surface area contributed by atoms with Crippen LogP contribution in [0.4, 0.5) is 0 Å². The van der Waals surface area contributed by atoms with Crippen LogP contribution in [0.25, 0.3) is 16.7 Å². The largest absolute Gasteiger partial charge is 0.279 e. The summed E-state index contributed by atoms with van der Waals surface area (Å²) in [5.74, 6) is 0.520. The van der Waals surface area contributed by atoms with Crippen LogP contribution in [0.5, 0.6) is 0 Å². The molecule has 4 aromatic rings. The van der Waals surface area contributed by atoms with Gasteiger partial charge in [0.1, 0.15) is 0 Å². The Morgan fingerprint density at radius 1 is 1.32 bits per heavy atom. The molecule has 0 spiro atoms. The number of fused-ring (bicyclic) bond motifs is 3. The van der Waals surface area contributed by atoms with E-state index < -0.39 is 0 Å². The number of hydrogen-bond acceptors (Lipinski definition) is 5. The van der Waals surface area contributed by atoms with Crippen molar-refractivity contribution in [2.24, 2.45) is 7.05 Å². The van der Waals surface area contributed by atoms with E-state index in [0.717, 1.165) is 14.7 Å². The van der Waals surface area contributed by atoms with E-state index in [9.17, 15) is 4.79 Å². The molecule has 0 bridgehead atoms. The van der Waals surface area contributed by atoms with E-state index in [0.29, 0.717) is 35.7 Å². The van der Waals surface area contributed by atoms with Gasteiger partial charge in [0.15, 0.2) is 0 Å². The van der Waals surface area contributed by atoms with Crippen molar-refractivity contribution in [2.75, 3.05) is 6.54 Å². The van der Waals surface area contributed by atoms with Gasteiger partial charge in [-0.05, 0) is 36.5 Å². The van der Waals surface area contributed by atoms with Gasteiger partial charge in [-0.3, -0.25) is 18.7 Å². The van der Waals surface area contributed by atoms with Crippen LogP contribution in [0.1, 0.15) is 4.88 Å². The minimum Gasteiger partial charge on any atom is -0.279 e. The predicted octanol–water partition coefficient (Wildman–Crippen LogP) is 4.08. The molecule has 6 nitrogen and oxygen atoms in total. The summed E-state index contributed by atoms with van der Waals surface area (Å²) in [6.45, 7) is 5.71. The number of hydrogen-bond donors (Lipinski definition) is 0. The molecule has 0 fully saturated rings. The predicted molar refractivity (Wildman–Crippen MR) is 117 cm³/mol. The molecule has 3 heterocycles. The van der Waals surface area contributed by atoms with Crippen molar-refractivity contribution in [3.63, 3.8) is 0 Å². The standard InChI is InChI=1S/C19H18ClN5OS2/c1-3-10-23(11-13-8-9-16(20)28-13)12-24-19(27)25-15-7-5-4-6-14(15)17(26)22(2)18(25)21-24/h3-9H,1,10-12H2,2H3. The molecule has 0 N–H and O–H groups in total. The number of rotatable bonds is 6. The molecule has 9 heteroatoms. The molecule has 0 amide bonds. The second kappa shape index (κ2) is 7.63. The summed E-state index contributed by atoms with van der Waals surface area (Å²) >= 11 is 13.3. The molecule has 1 aromatic carbocycles. The second-order valence-corrected chi connectivity index (χ2v) is 8.61. The monoisotopic (exact) mass is 431 g/mol. The minimum atomic E-state index is -0.0913. The molecule has 144 valence electrons. The molecular weight excluding hydrogens is 414 g/mol. The highest BCUT2D eigenvalue weighted by molar-refractivity contribution is 7.71. The lowest BCUT2D eigenvalue weighted by Crippen LogP contribution is -2.26. The lowest BCUT2D eigenvalue weighted by molar-refractivity contribution is 0.221. The van der Waals surface area contributed by atoms with Crippen molar-refractivity contribution >= 4 is 51.8 Å². The van der Waals surface area contributed by atoms with Crippen molar-refractivity contribution < 1.29 is 0 Å². The first kappa shape index (κ1) is 19.1. The number of nitrogens with zero attached hydrogens (tertiary/aromatic N) is 5. The van der Waals surface area contributed by atoms with Crippen molar-refractivity contribution in [3.8, 4) is 0 Å². The van der Waals surface area contributed by atoms with Crippen LogP contribution in [0.2, 0.25) is 4.34 Å². The first-order chi connectivity index (χ1) is 13.5. The Morgan fingerprint density at radius 2 is 2.11 bits per heavy atom. The van der Waals surface area contributed by atoms with Gasteiger partial charge in [-0.1, -0.05) is 29.8 Å². The number of thiophene rings is 1. The van der Waals surface area contributed by atoms with Gasteiger partial charge >= 0.3 is 0 Å². The average Bonchev–Trinajstić information content (AvgIpc) is 3.23. The SMILES string of the molecule is C=CCN(Cc1ccc(Cl)s1)Cn1nc2n(C)c(=O)c3ccccc3n2c1=S. The first-order valence-corrected chi connectivity index (χ1v) is 10.2. The quantitative estimate of drug-likeness (QED) is 0.341. The second-order valence-electron chi connectivity index (χ2n) is 6.45. The Hall–Kier alpha value is -2.26. The molecule has 0 aliphatic heterocycles. The highest BCUT2D eigenvalue weighted by atomic mass is 35.5. The molecule has 0 unspecified atom stereocenters. The fourth-order valence-electron chi connectivity index (χ4n) is 3.24. The van der Waals surface area contributed by atoms with Gasteiger partial charge in [-0.15, -0.1) is 23.0 Å². The zero-order chi connectivity index (χ0) is 19.8. The topological polar surface area (TPSA) is 47.5 Å².